The maximum absolute atomic E-state index is 12.1. The molecule has 1 aromatic rings. The average Bonchev–Trinajstić information content (AvgIpc) is 2.45. The summed E-state index contributed by atoms with van der Waals surface area (Å²) in [6.45, 7) is 3.89. The molecule has 19 heavy (non-hydrogen) atoms. The van der Waals surface area contributed by atoms with Crippen molar-refractivity contribution in [3.8, 4) is 11.5 Å². The SMILES string of the molecule is CCOC(=O)C(C)(NC)c1ccc(OC)c(OC)c1. The van der Waals surface area contributed by atoms with E-state index < -0.39 is 5.54 Å². The molecule has 0 fully saturated rings. The fourth-order valence-corrected chi connectivity index (χ4v) is 1.79. The van der Waals surface area contributed by atoms with Crippen LogP contribution in [0.5, 0.6) is 11.5 Å². The number of hydrogen-bond donors (Lipinski definition) is 1. The second-order valence-corrected chi connectivity index (χ2v) is 4.17. The van der Waals surface area contributed by atoms with Gasteiger partial charge < -0.3 is 19.5 Å². The number of esters is 1. The van der Waals surface area contributed by atoms with Crippen molar-refractivity contribution in [1.82, 2.24) is 5.32 Å². The molecule has 1 atom stereocenters. The van der Waals surface area contributed by atoms with Gasteiger partial charge >= 0.3 is 5.97 Å². The van der Waals surface area contributed by atoms with E-state index in [1.165, 1.54) is 0 Å². The Bertz CT molecular complexity index is 447. The van der Waals surface area contributed by atoms with E-state index in [4.69, 9.17) is 14.2 Å². The molecule has 0 aliphatic heterocycles. The lowest BCUT2D eigenvalue weighted by atomic mass is 9.92. The molecule has 0 radical (unpaired) electrons. The second kappa shape index (κ2) is 6.43. The topological polar surface area (TPSA) is 56.8 Å². The van der Waals surface area contributed by atoms with Crippen LogP contribution in [0.25, 0.3) is 0 Å². The molecular formula is C14H21NO4. The minimum atomic E-state index is -0.921. The summed E-state index contributed by atoms with van der Waals surface area (Å²) in [5.41, 5.74) is -0.165. The van der Waals surface area contributed by atoms with Gasteiger partial charge in [0, 0.05) is 0 Å². The third kappa shape index (κ3) is 2.98. The van der Waals surface area contributed by atoms with E-state index >= 15 is 0 Å². The van der Waals surface area contributed by atoms with Gasteiger partial charge in [0.05, 0.1) is 20.8 Å². The van der Waals surface area contributed by atoms with Gasteiger partial charge in [-0.25, -0.2) is 4.79 Å². The van der Waals surface area contributed by atoms with E-state index in [1.807, 2.05) is 6.07 Å². The molecule has 0 aromatic heterocycles. The lowest BCUT2D eigenvalue weighted by Crippen LogP contribution is -2.45. The van der Waals surface area contributed by atoms with Crippen molar-refractivity contribution in [3.63, 3.8) is 0 Å². The summed E-state index contributed by atoms with van der Waals surface area (Å²) in [4.78, 5) is 12.1. The van der Waals surface area contributed by atoms with Crippen molar-refractivity contribution in [2.45, 2.75) is 19.4 Å². The molecule has 0 saturated heterocycles. The molecule has 1 unspecified atom stereocenters. The lowest BCUT2D eigenvalue weighted by molar-refractivity contribution is -0.150. The van der Waals surface area contributed by atoms with Crippen LogP contribution in [0.3, 0.4) is 0 Å². The molecule has 5 nitrogen and oxygen atoms in total. The van der Waals surface area contributed by atoms with Crippen LogP contribution in [0.2, 0.25) is 0 Å². The minimum absolute atomic E-state index is 0.329. The first kappa shape index (κ1) is 15.3. The van der Waals surface area contributed by atoms with Crippen LogP contribution in [-0.4, -0.2) is 33.8 Å². The van der Waals surface area contributed by atoms with Crippen LogP contribution in [0.15, 0.2) is 18.2 Å². The first-order chi connectivity index (χ1) is 9.03. The molecule has 0 aliphatic carbocycles. The molecule has 0 spiro atoms. The molecular weight excluding hydrogens is 246 g/mol. The van der Waals surface area contributed by atoms with E-state index in [0.29, 0.717) is 18.1 Å². The Morgan fingerprint density at radius 2 is 1.89 bits per heavy atom. The van der Waals surface area contributed by atoms with Crippen LogP contribution in [0, 0.1) is 0 Å². The molecule has 0 aliphatic rings. The Morgan fingerprint density at radius 1 is 1.26 bits per heavy atom. The standard InChI is InChI=1S/C14H21NO4/c1-6-19-13(16)14(2,15-3)10-7-8-11(17-4)12(9-10)18-5/h7-9,15H,6H2,1-5H3. The Balaban J connectivity index is 3.21. The van der Waals surface area contributed by atoms with Crippen molar-refractivity contribution < 1.29 is 19.0 Å². The zero-order valence-electron chi connectivity index (χ0n) is 12.1. The summed E-state index contributed by atoms with van der Waals surface area (Å²) in [6.07, 6.45) is 0. The lowest BCUT2D eigenvalue weighted by Gasteiger charge is -2.27. The van der Waals surface area contributed by atoms with Gasteiger partial charge in [-0.2, -0.15) is 0 Å². The summed E-state index contributed by atoms with van der Waals surface area (Å²) >= 11 is 0. The highest BCUT2D eigenvalue weighted by molar-refractivity contribution is 5.82. The highest BCUT2D eigenvalue weighted by Crippen LogP contribution is 2.32. The van der Waals surface area contributed by atoms with Crippen molar-refractivity contribution in [1.29, 1.82) is 0 Å². The number of rotatable bonds is 6. The van der Waals surface area contributed by atoms with Gasteiger partial charge in [-0.1, -0.05) is 6.07 Å². The number of hydrogen-bond acceptors (Lipinski definition) is 5. The number of carbonyl (C=O) groups is 1. The van der Waals surface area contributed by atoms with E-state index in [1.54, 1.807) is 47.2 Å². The van der Waals surface area contributed by atoms with Gasteiger partial charge in [-0.15, -0.1) is 0 Å². The van der Waals surface area contributed by atoms with E-state index in [2.05, 4.69) is 5.32 Å². The summed E-state index contributed by atoms with van der Waals surface area (Å²) in [7, 11) is 4.84. The number of likely N-dealkylation sites (N-methyl/N-ethyl adjacent to an activating group) is 1. The van der Waals surface area contributed by atoms with E-state index in [0.717, 1.165) is 5.56 Å². The summed E-state index contributed by atoms with van der Waals surface area (Å²) in [5, 5.41) is 3.00. The molecule has 1 rings (SSSR count). The normalized spacial score (nSPS) is 13.5. The number of ether oxygens (including phenoxy) is 3. The molecule has 0 saturated carbocycles. The van der Waals surface area contributed by atoms with Gasteiger partial charge in [0.15, 0.2) is 11.5 Å². The van der Waals surface area contributed by atoms with E-state index in [-0.39, 0.29) is 5.97 Å². The average molecular weight is 267 g/mol. The first-order valence-corrected chi connectivity index (χ1v) is 6.12. The van der Waals surface area contributed by atoms with Gasteiger partial charge in [-0.3, -0.25) is 0 Å². The third-order valence-electron chi connectivity index (χ3n) is 3.14. The van der Waals surface area contributed by atoms with Crippen molar-refractivity contribution in [3.05, 3.63) is 23.8 Å². The second-order valence-electron chi connectivity index (χ2n) is 4.17. The smallest absolute Gasteiger partial charge is 0.330 e. The Hall–Kier alpha value is -1.75. The summed E-state index contributed by atoms with van der Waals surface area (Å²) < 4.78 is 15.5. The highest BCUT2D eigenvalue weighted by atomic mass is 16.5. The quantitative estimate of drug-likeness (QED) is 0.795. The van der Waals surface area contributed by atoms with Crippen molar-refractivity contribution in [2.24, 2.45) is 0 Å². The van der Waals surface area contributed by atoms with Gasteiger partial charge in [0.1, 0.15) is 5.54 Å². The maximum atomic E-state index is 12.1. The number of methoxy groups -OCH3 is 2. The molecule has 0 bridgehead atoms. The fraction of sp³-hybridized carbons (Fsp3) is 0.500. The third-order valence-corrected chi connectivity index (χ3v) is 3.14. The largest absolute Gasteiger partial charge is 0.493 e. The predicted octanol–water partition coefficient (Wildman–Crippen LogP) is 1.70. The van der Waals surface area contributed by atoms with Gasteiger partial charge in [0.25, 0.3) is 0 Å². The van der Waals surface area contributed by atoms with Crippen LogP contribution in [0.4, 0.5) is 0 Å². The van der Waals surface area contributed by atoms with Crippen LogP contribution in [0.1, 0.15) is 19.4 Å². The van der Waals surface area contributed by atoms with Crippen molar-refractivity contribution >= 4 is 5.97 Å². The molecule has 0 heterocycles. The highest BCUT2D eigenvalue weighted by Gasteiger charge is 2.35. The fourth-order valence-electron chi connectivity index (χ4n) is 1.79. The minimum Gasteiger partial charge on any atom is -0.493 e. The maximum Gasteiger partial charge on any atom is 0.330 e. The van der Waals surface area contributed by atoms with Crippen LogP contribution < -0.4 is 14.8 Å². The van der Waals surface area contributed by atoms with Crippen LogP contribution in [-0.2, 0) is 15.1 Å². The van der Waals surface area contributed by atoms with Gasteiger partial charge in [0.2, 0.25) is 0 Å². The summed E-state index contributed by atoms with van der Waals surface area (Å²) in [5.74, 6) is 0.865. The molecule has 1 aromatic carbocycles. The zero-order chi connectivity index (χ0) is 14.5. The first-order valence-electron chi connectivity index (χ1n) is 6.12. The number of benzene rings is 1. The monoisotopic (exact) mass is 267 g/mol. The zero-order valence-corrected chi connectivity index (χ0v) is 12.1. The molecule has 5 heteroatoms. The Labute approximate surface area is 113 Å². The Kier molecular flexibility index (Phi) is 5.18. The molecule has 1 N–H and O–H groups in total. The number of nitrogens with one attached hydrogen (secondary N) is 1. The molecule has 0 amide bonds. The predicted molar refractivity (Wildman–Crippen MR) is 72.6 cm³/mol. The van der Waals surface area contributed by atoms with Gasteiger partial charge in [-0.05, 0) is 38.6 Å². The Morgan fingerprint density at radius 3 is 2.37 bits per heavy atom. The number of carbonyl (C=O) groups excluding carboxylic acids is 1. The van der Waals surface area contributed by atoms with E-state index in [9.17, 15) is 4.79 Å². The van der Waals surface area contributed by atoms with Crippen molar-refractivity contribution in [2.75, 3.05) is 27.9 Å². The van der Waals surface area contributed by atoms with Crippen LogP contribution >= 0.6 is 0 Å². The molecule has 106 valence electrons. The summed E-state index contributed by atoms with van der Waals surface area (Å²) in [6, 6.07) is 5.35.